The summed E-state index contributed by atoms with van der Waals surface area (Å²) in [6.45, 7) is 4.96. The van der Waals surface area contributed by atoms with Crippen molar-refractivity contribution in [3.63, 3.8) is 0 Å². The molecule has 2 heterocycles. The van der Waals surface area contributed by atoms with E-state index in [-0.39, 0.29) is 6.03 Å². The molecule has 1 fully saturated rings. The summed E-state index contributed by atoms with van der Waals surface area (Å²) in [6.07, 6.45) is 8.12. The van der Waals surface area contributed by atoms with Gasteiger partial charge in [-0.25, -0.2) is 4.79 Å². The van der Waals surface area contributed by atoms with Gasteiger partial charge in [0.2, 0.25) is 0 Å². The molecule has 0 spiro atoms. The van der Waals surface area contributed by atoms with Crippen LogP contribution in [0.3, 0.4) is 0 Å². The summed E-state index contributed by atoms with van der Waals surface area (Å²) in [5, 5.41) is 5.68. The fourth-order valence-corrected chi connectivity index (χ4v) is 5.06. The van der Waals surface area contributed by atoms with Crippen LogP contribution < -0.4 is 20.1 Å². The van der Waals surface area contributed by atoms with Crippen LogP contribution in [0.25, 0.3) is 11.1 Å². The molecule has 3 aromatic carbocycles. The van der Waals surface area contributed by atoms with Gasteiger partial charge in [0.25, 0.3) is 0 Å². The number of hydrogen-bond acceptors (Lipinski definition) is 5. The van der Waals surface area contributed by atoms with Crippen LogP contribution in [0, 0.1) is 0 Å². The minimum Gasteiger partial charge on any atom is -0.493 e. The van der Waals surface area contributed by atoms with Crippen molar-refractivity contribution in [2.45, 2.75) is 32.2 Å². The maximum absolute atomic E-state index is 12.2. The van der Waals surface area contributed by atoms with Crippen LogP contribution in [-0.2, 0) is 13.0 Å². The normalized spacial score (nSPS) is 13.4. The zero-order chi connectivity index (χ0) is 28.1. The lowest BCUT2D eigenvalue weighted by atomic mass is 9.97. The number of pyridine rings is 1. The molecular weight excluding hydrogens is 512 g/mol. The molecule has 7 heteroatoms. The molecule has 212 valence electrons. The van der Waals surface area contributed by atoms with E-state index in [1.54, 1.807) is 12.4 Å². The second kappa shape index (κ2) is 14.9. The monoisotopic (exact) mass is 550 g/mol. The van der Waals surface area contributed by atoms with Gasteiger partial charge < -0.3 is 20.1 Å². The Morgan fingerprint density at radius 1 is 0.805 bits per heavy atom. The summed E-state index contributed by atoms with van der Waals surface area (Å²) in [5.74, 6) is 1.68. The smallest absolute Gasteiger partial charge is 0.319 e. The van der Waals surface area contributed by atoms with E-state index in [1.807, 2.05) is 42.5 Å². The zero-order valence-corrected chi connectivity index (χ0v) is 23.4. The number of nitrogens with zero attached hydrogens (tertiary/aromatic N) is 2. The van der Waals surface area contributed by atoms with E-state index in [0.29, 0.717) is 25.4 Å². The highest BCUT2D eigenvalue weighted by Crippen LogP contribution is 2.32. The molecule has 0 aliphatic carbocycles. The van der Waals surface area contributed by atoms with Crippen LogP contribution >= 0.6 is 0 Å². The molecule has 41 heavy (non-hydrogen) atoms. The first-order valence-corrected chi connectivity index (χ1v) is 14.4. The Kier molecular flexibility index (Phi) is 10.2. The fraction of sp³-hybridized carbons (Fsp3) is 0.294. The van der Waals surface area contributed by atoms with E-state index < -0.39 is 0 Å². The zero-order valence-electron chi connectivity index (χ0n) is 23.4. The fourth-order valence-electron chi connectivity index (χ4n) is 5.06. The highest BCUT2D eigenvalue weighted by Gasteiger charge is 2.13. The number of piperidine rings is 1. The summed E-state index contributed by atoms with van der Waals surface area (Å²) >= 11 is 0. The molecule has 0 bridgehead atoms. The minimum absolute atomic E-state index is 0.269. The van der Waals surface area contributed by atoms with Gasteiger partial charge >= 0.3 is 6.03 Å². The number of likely N-dealkylation sites (tertiary alicyclic amines) is 1. The van der Waals surface area contributed by atoms with Crippen molar-refractivity contribution in [1.82, 2.24) is 15.2 Å². The number of anilines is 1. The van der Waals surface area contributed by atoms with Crippen molar-refractivity contribution in [2.24, 2.45) is 0 Å². The van der Waals surface area contributed by atoms with E-state index in [0.717, 1.165) is 35.6 Å². The maximum Gasteiger partial charge on any atom is 0.319 e. The third-order valence-corrected chi connectivity index (χ3v) is 7.24. The van der Waals surface area contributed by atoms with Gasteiger partial charge in [-0.05, 0) is 79.0 Å². The SMILES string of the molecule is O=C(NCc1cccnc1)Nc1ccc(OCCc2ccccc2-c2ccccc2OCCN2CCCCC2)cc1. The predicted octanol–water partition coefficient (Wildman–Crippen LogP) is 6.56. The highest BCUT2D eigenvalue weighted by molar-refractivity contribution is 5.89. The first kappa shape index (κ1) is 28.2. The molecule has 2 amide bonds. The molecule has 5 rings (SSSR count). The van der Waals surface area contributed by atoms with Crippen LogP contribution in [0.1, 0.15) is 30.4 Å². The molecule has 1 saturated heterocycles. The first-order chi connectivity index (χ1) is 20.2. The van der Waals surface area contributed by atoms with E-state index in [2.05, 4.69) is 63.0 Å². The van der Waals surface area contributed by atoms with Crippen molar-refractivity contribution in [1.29, 1.82) is 0 Å². The van der Waals surface area contributed by atoms with Crippen molar-refractivity contribution in [3.05, 3.63) is 108 Å². The summed E-state index contributed by atoms with van der Waals surface area (Å²) in [6, 6.07) is 27.7. The van der Waals surface area contributed by atoms with Gasteiger partial charge in [0.15, 0.2) is 0 Å². The molecule has 1 aromatic heterocycles. The van der Waals surface area contributed by atoms with E-state index in [9.17, 15) is 4.79 Å². The Morgan fingerprint density at radius 3 is 2.39 bits per heavy atom. The average Bonchev–Trinajstić information content (AvgIpc) is 3.02. The van der Waals surface area contributed by atoms with Crippen LogP contribution in [-0.4, -0.2) is 48.8 Å². The number of ether oxygens (including phenoxy) is 2. The predicted molar refractivity (Wildman–Crippen MR) is 163 cm³/mol. The van der Waals surface area contributed by atoms with Gasteiger partial charge in [0.05, 0.1) is 6.61 Å². The Bertz CT molecular complexity index is 1370. The molecule has 1 aliphatic heterocycles. The molecule has 1 aliphatic rings. The Morgan fingerprint density at radius 2 is 1.59 bits per heavy atom. The molecule has 2 N–H and O–H groups in total. The number of rotatable bonds is 12. The largest absolute Gasteiger partial charge is 0.493 e. The lowest BCUT2D eigenvalue weighted by Gasteiger charge is -2.26. The third-order valence-electron chi connectivity index (χ3n) is 7.24. The Labute approximate surface area is 242 Å². The molecule has 0 radical (unpaired) electrons. The number of hydrogen-bond donors (Lipinski definition) is 2. The molecule has 0 unspecified atom stereocenters. The quantitative estimate of drug-likeness (QED) is 0.209. The number of para-hydroxylation sites is 1. The van der Waals surface area contributed by atoms with E-state index in [1.165, 1.54) is 43.5 Å². The van der Waals surface area contributed by atoms with Crippen LogP contribution in [0.4, 0.5) is 10.5 Å². The lowest BCUT2D eigenvalue weighted by Crippen LogP contribution is -2.33. The number of urea groups is 1. The average molecular weight is 551 g/mol. The van der Waals surface area contributed by atoms with Crippen LogP contribution in [0.2, 0.25) is 0 Å². The van der Waals surface area contributed by atoms with Gasteiger partial charge in [-0.1, -0.05) is 55.0 Å². The van der Waals surface area contributed by atoms with E-state index >= 15 is 0 Å². The summed E-state index contributed by atoms with van der Waals surface area (Å²) in [7, 11) is 0. The molecule has 7 nitrogen and oxygen atoms in total. The Hall–Kier alpha value is -4.36. The van der Waals surface area contributed by atoms with Gasteiger partial charge in [-0.15, -0.1) is 0 Å². The number of carbonyl (C=O) groups excluding carboxylic acids is 1. The van der Waals surface area contributed by atoms with Crippen molar-refractivity contribution >= 4 is 11.7 Å². The molecular formula is C34H38N4O3. The van der Waals surface area contributed by atoms with Crippen LogP contribution in [0.15, 0.2) is 97.3 Å². The third kappa shape index (κ3) is 8.56. The van der Waals surface area contributed by atoms with Crippen molar-refractivity contribution in [3.8, 4) is 22.6 Å². The highest BCUT2D eigenvalue weighted by atomic mass is 16.5. The number of benzene rings is 3. The lowest BCUT2D eigenvalue weighted by molar-refractivity contribution is 0.183. The van der Waals surface area contributed by atoms with Gasteiger partial charge in [0, 0.05) is 43.2 Å². The maximum atomic E-state index is 12.2. The Balaban J connectivity index is 1.12. The summed E-state index contributed by atoms with van der Waals surface area (Å²) in [4.78, 5) is 18.8. The summed E-state index contributed by atoms with van der Waals surface area (Å²) in [5.41, 5.74) is 5.13. The van der Waals surface area contributed by atoms with Gasteiger partial charge in [-0.2, -0.15) is 0 Å². The number of carbonyl (C=O) groups is 1. The van der Waals surface area contributed by atoms with E-state index in [4.69, 9.17) is 9.47 Å². The number of aromatic nitrogens is 1. The van der Waals surface area contributed by atoms with Crippen LogP contribution in [0.5, 0.6) is 11.5 Å². The minimum atomic E-state index is -0.269. The van der Waals surface area contributed by atoms with Crippen molar-refractivity contribution < 1.29 is 14.3 Å². The molecule has 4 aromatic rings. The van der Waals surface area contributed by atoms with Gasteiger partial charge in [0.1, 0.15) is 18.1 Å². The molecule has 0 saturated carbocycles. The number of amides is 2. The van der Waals surface area contributed by atoms with Crippen molar-refractivity contribution in [2.75, 3.05) is 38.2 Å². The molecule has 0 atom stereocenters. The second-order valence-electron chi connectivity index (χ2n) is 10.2. The van der Waals surface area contributed by atoms with Gasteiger partial charge in [-0.3, -0.25) is 9.88 Å². The number of nitrogens with one attached hydrogen (secondary N) is 2. The summed E-state index contributed by atoms with van der Waals surface area (Å²) < 4.78 is 12.3. The topological polar surface area (TPSA) is 75.7 Å². The second-order valence-corrected chi connectivity index (χ2v) is 10.2. The standard InChI is InChI=1S/C34H38N4O3/c39-34(36-26-27-9-8-19-35-25-27)37-29-14-16-30(17-15-29)40-23-18-28-10-2-3-11-31(28)32-12-4-5-13-33(32)41-24-22-38-20-6-1-7-21-38/h2-5,8-17,19,25H,1,6-7,18,20-24,26H2,(H2,36,37,39). The first-order valence-electron chi connectivity index (χ1n) is 14.4.